The lowest BCUT2D eigenvalue weighted by molar-refractivity contribution is -0.126. The number of halogens is 1. The first-order valence-corrected chi connectivity index (χ1v) is 7.85. The molecule has 6 nitrogen and oxygen atoms in total. The van der Waals surface area contributed by atoms with E-state index in [1.807, 2.05) is 30.3 Å². The number of carbonyl (C=O) groups is 1. The largest absolute Gasteiger partial charge is 0.496 e. The zero-order chi connectivity index (χ0) is 18.4. The number of methoxy groups -OCH3 is 3. The van der Waals surface area contributed by atoms with Gasteiger partial charge in [-0.25, -0.2) is 0 Å². The summed E-state index contributed by atoms with van der Waals surface area (Å²) in [6, 6.07) is 12.7. The van der Waals surface area contributed by atoms with E-state index in [0.29, 0.717) is 22.8 Å². The molecule has 0 bridgehead atoms. The second kappa shape index (κ2) is 9.31. The smallest absolute Gasteiger partial charge is 0.244 e. The van der Waals surface area contributed by atoms with E-state index < -0.39 is 5.54 Å². The molecule has 2 aromatic rings. The van der Waals surface area contributed by atoms with Gasteiger partial charge in [-0.05, 0) is 12.5 Å². The number of benzene rings is 2. The van der Waals surface area contributed by atoms with Crippen molar-refractivity contribution in [1.82, 2.24) is 5.32 Å². The highest BCUT2D eigenvalue weighted by atomic mass is 35.5. The van der Waals surface area contributed by atoms with Gasteiger partial charge < -0.3 is 25.3 Å². The molecule has 0 heterocycles. The van der Waals surface area contributed by atoms with Crippen molar-refractivity contribution in [1.29, 1.82) is 0 Å². The minimum Gasteiger partial charge on any atom is -0.496 e. The van der Waals surface area contributed by atoms with Crippen LogP contribution in [0.4, 0.5) is 0 Å². The highest BCUT2D eigenvalue weighted by molar-refractivity contribution is 5.87. The molecule has 0 radical (unpaired) electrons. The Hall–Kier alpha value is -2.44. The molecule has 0 saturated heterocycles. The Morgan fingerprint density at radius 3 is 2.04 bits per heavy atom. The van der Waals surface area contributed by atoms with Crippen molar-refractivity contribution in [3.05, 3.63) is 53.6 Å². The molecule has 0 spiro atoms. The van der Waals surface area contributed by atoms with Crippen molar-refractivity contribution in [3.8, 4) is 17.2 Å². The Morgan fingerprint density at radius 1 is 1.04 bits per heavy atom. The summed E-state index contributed by atoms with van der Waals surface area (Å²) < 4.78 is 16.0. The van der Waals surface area contributed by atoms with E-state index in [2.05, 4.69) is 5.32 Å². The van der Waals surface area contributed by atoms with Crippen LogP contribution in [0.3, 0.4) is 0 Å². The lowest BCUT2D eigenvalue weighted by Gasteiger charge is -2.24. The maximum Gasteiger partial charge on any atom is 0.244 e. The Balaban J connectivity index is 0.00000338. The van der Waals surface area contributed by atoms with E-state index in [0.717, 1.165) is 5.56 Å². The maximum atomic E-state index is 12.6. The molecule has 0 fully saturated rings. The molecule has 1 amide bonds. The molecule has 26 heavy (non-hydrogen) atoms. The minimum atomic E-state index is -1.14. The number of nitrogens with two attached hydrogens (primary N) is 1. The highest BCUT2D eigenvalue weighted by Gasteiger charge is 2.30. The van der Waals surface area contributed by atoms with Crippen LogP contribution in [0, 0.1) is 0 Å². The first-order chi connectivity index (χ1) is 11.9. The van der Waals surface area contributed by atoms with Gasteiger partial charge in [-0.2, -0.15) is 0 Å². The van der Waals surface area contributed by atoms with Gasteiger partial charge in [-0.1, -0.05) is 30.3 Å². The summed E-state index contributed by atoms with van der Waals surface area (Å²) in [5.41, 5.74) is 6.54. The first kappa shape index (κ1) is 21.6. The average molecular weight is 381 g/mol. The van der Waals surface area contributed by atoms with Crippen LogP contribution in [-0.4, -0.2) is 27.2 Å². The zero-order valence-electron chi connectivity index (χ0n) is 15.4. The first-order valence-electron chi connectivity index (χ1n) is 7.85. The number of hydrogen-bond acceptors (Lipinski definition) is 5. The van der Waals surface area contributed by atoms with E-state index in [1.165, 1.54) is 0 Å². The highest BCUT2D eigenvalue weighted by Crippen LogP contribution is 2.34. The number of amides is 1. The molecular formula is C19H25ClN2O4. The third-order valence-electron chi connectivity index (χ3n) is 4.09. The summed E-state index contributed by atoms with van der Waals surface area (Å²) in [5.74, 6) is 1.44. The van der Waals surface area contributed by atoms with Crippen LogP contribution in [0.15, 0.2) is 42.5 Å². The van der Waals surface area contributed by atoms with E-state index in [4.69, 9.17) is 19.9 Å². The third-order valence-corrected chi connectivity index (χ3v) is 4.09. The van der Waals surface area contributed by atoms with Crippen molar-refractivity contribution in [2.45, 2.75) is 19.0 Å². The Bertz CT molecular complexity index is 711. The van der Waals surface area contributed by atoms with Crippen molar-refractivity contribution >= 4 is 18.3 Å². The summed E-state index contributed by atoms with van der Waals surface area (Å²) in [5, 5.41) is 2.86. The van der Waals surface area contributed by atoms with E-state index in [9.17, 15) is 4.79 Å². The fraction of sp³-hybridized carbons (Fsp3) is 0.316. The van der Waals surface area contributed by atoms with E-state index in [-0.39, 0.29) is 24.9 Å². The molecule has 142 valence electrons. The van der Waals surface area contributed by atoms with Gasteiger partial charge in [0.05, 0.1) is 33.4 Å². The van der Waals surface area contributed by atoms with Gasteiger partial charge in [0.15, 0.2) is 0 Å². The molecule has 0 aromatic heterocycles. The molecule has 2 rings (SSSR count). The SMILES string of the molecule is COc1cc(OC)c(CNC(=O)C(C)(N)c2ccccc2)c(OC)c1.Cl. The summed E-state index contributed by atoms with van der Waals surface area (Å²) in [7, 11) is 4.67. The molecule has 1 atom stereocenters. The molecule has 3 N–H and O–H groups in total. The summed E-state index contributed by atoms with van der Waals surface area (Å²) in [6.45, 7) is 1.90. The van der Waals surface area contributed by atoms with Crippen molar-refractivity contribution in [2.75, 3.05) is 21.3 Å². The normalized spacial score (nSPS) is 12.3. The van der Waals surface area contributed by atoms with Crippen LogP contribution in [0.2, 0.25) is 0 Å². The van der Waals surface area contributed by atoms with Gasteiger partial charge in [-0.15, -0.1) is 12.4 Å². The predicted octanol–water partition coefficient (Wildman–Crippen LogP) is 2.62. The second-order valence-electron chi connectivity index (χ2n) is 5.76. The van der Waals surface area contributed by atoms with Crippen LogP contribution in [0.25, 0.3) is 0 Å². The van der Waals surface area contributed by atoms with Crippen LogP contribution in [0.1, 0.15) is 18.1 Å². The fourth-order valence-electron chi connectivity index (χ4n) is 2.52. The Morgan fingerprint density at radius 2 is 1.58 bits per heavy atom. The summed E-state index contributed by atoms with van der Waals surface area (Å²) in [4.78, 5) is 12.6. The number of nitrogens with one attached hydrogen (secondary N) is 1. The maximum absolute atomic E-state index is 12.6. The van der Waals surface area contributed by atoms with Crippen molar-refractivity contribution in [3.63, 3.8) is 0 Å². The molecule has 1 unspecified atom stereocenters. The lowest BCUT2D eigenvalue weighted by Crippen LogP contribution is -2.48. The predicted molar refractivity (Wildman–Crippen MR) is 103 cm³/mol. The number of carbonyl (C=O) groups excluding carboxylic acids is 1. The lowest BCUT2D eigenvalue weighted by atomic mass is 9.92. The molecular weight excluding hydrogens is 356 g/mol. The van der Waals surface area contributed by atoms with Crippen molar-refractivity contribution < 1.29 is 19.0 Å². The molecule has 7 heteroatoms. The van der Waals surface area contributed by atoms with Gasteiger partial charge in [0, 0.05) is 12.1 Å². The number of ether oxygens (including phenoxy) is 3. The molecule has 0 aliphatic carbocycles. The monoisotopic (exact) mass is 380 g/mol. The van der Waals surface area contributed by atoms with Gasteiger partial charge in [0.1, 0.15) is 22.8 Å². The van der Waals surface area contributed by atoms with Gasteiger partial charge >= 0.3 is 0 Å². The van der Waals surface area contributed by atoms with Gasteiger partial charge in [0.2, 0.25) is 5.91 Å². The molecule has 0 aliphatic rings. The van der Waals surface area contributed by atoms with E-state index in [1.54, 1.807) is 40.4 Å². The number of rotatable bonds is 7. The van der Waals surface area contributed by atoms with Crippen LogP contribution >= 0.6 is 12.4 Å². The molecule has 0 aliphatic heterocycles. The number of hydrogen-bond donors (Lipinski definition) is 2. The van der Waals surface area contributed by atoms with E-state index >= 15 is 0 Å². The average Bonchev–Trinajstić information content (AvgIpc) is 2.65. The standard InChI is InChI=1S/C19H24N2O4.ClH/c1-19(20,13-8-6-5-7-9-13)18(22)21-12-15-16(24-3)10-14(23-2)11-17(15)25-4;/h5-11H,12,20H2,1-4H3,(H,21,22);1H. The van der Waals surface area contributed by atoms with Crippen LogP contribution < -0.4 is 25.3 Å². The summed E-state index contributed by atoms with van der Waals surface area (Å²) >= 11 is 0. The fourth-order valence-corrected chi connectivity index (χ4v) is 2.52. The minimum absolute atomic E-state index is 0. The Kier molecular flexibility index (Phi) is 7.74. The van der Waals surface area contributed by atoms with Crippen molar-refractivity contribution in [2.24, 2.45) is 5.73 Å². The quantitative estimate of drug-likeness (QED) is 0.771. The molecule has 0 saturated carbocycles. The topological polar surface area (TPSA) is 82.8 Å². The van der Waals surface area contributed by atoms with Gasteiger partial charge in [-0.3, -0.25) is 4.79 Å². The zero-order valence-corrected chi connectivity index (χ0v) is 16.2. The van der Waals surface area contributed by atoms with Crippen LogP contribution in [-0.2, 0) is 16.9 Å². The molecule has 2 aromatic carbocycles. The van der Waals surface area contributed by atoms with Crippen LogP contribution in [0.5, 0.6) is 17.2 Å². The van der Waals surface area contributed by atoms with Gasteiger partial charge in [0.25, 0.3) is 0 Å². The second-order valence-corrected chi connectivity index (χ2v) is 5.76. The Labute approximate surface area is 160 Å². The third kappa shape index (κ3) is 4.59. The summed E-state index contributed by atoms with van der Waals surface area (Å²) in [6.07, 6.45) is 0.